The topological polar surface area (TPSA) is 86.8 Å². The van der Waals surface area contributed by atoms with Crippen molar-refractivity contribution in [2.45, 2.75) is 70.4 Å². The lowest BCUT2D eigenvalue weighted by molar-refractivity contribution is -0.141. The number of rotatable bonds is 13. The molecule has 1 saturated carbocycles. The lowest BCUT2D eigenvalue weighted by Gasteiger charge is -2.32. The number of carbonyl (C=O) groups is 2. The zero-order valence-corrected chi connectivity index (χ0v) is 22.9. The summed E-state index contributed by atoms with van der Waals surface area (Å²) in [6, 6.07) is 12.1. The predicted octanol–water partition coefficient (Wildman–Crippen LogP) is 4.42. The molecule has 0 radical (unpaired) electrons. The van der Waals surface area contributed by atoms with Crippen LogP contribution in [0.1, 0.15) is 57.4 Å². The normalized spacial score (nSPS) is 14.7. The Hall–Kier alpha value is -3.01. The van der Waals surface area contributed by atoms with Crippen LogP contribution in [0.25, 0.3) is 0 Å². The van der Waals surface area contributed by atoms with E-state index in [1.807, 2.05) is 37.3 Å². The van der Waals surface area contributed by atoms with Crippen LogP contribution in [-0.4, -0.2) is 56.6 Å². The van der Waals surface area contributed by atoms with Gasteiger partial charge in [-0.1, -0.05) is 50.1 Å². The van der Waals surface area contributed by atoms with Gasteiger partial charge >= 0.3 is 0 Å². The Labute approximate surface area is 224 Å². The molecule has 1 aliphatic rings. The number of halogens is 2. The molecule has 1 aliphatic carbocycles. The molecule has 1 unspecified atom stereocenters. The zero-order valence-electron chi connectivity index (χ0n) is 22.0. The Bertz CT molecular complexity index is 1190. The highest BCUT2D eigenvalue weighted by Crippen LogP contribution is 2.22. The molecule has 0 bridgehead atoms. The number of benzene rings is 2. The Morgan fingerprint density at radius 2 is 1.71 bits per heavy atom. The average molecular weight is 550 g/mol. The number of carbonyl (C=O) groups excluding carboxylic acids is 2. The van der Waals surface area contributed by atoms with E-state index in [2.05, 4.69) is 5.32 Å². The number of hydrogen-bond donors (Lipinski definition) is 1. The van der Waals surface area contributed by atoms with Gasteiger partial charge in [-0.25, -0.2) is 17.2 Å². The molecular formula is C28H37F2N3O4S. The third kappa shape index (κ3) is 8.24. The minimum absolute atomic E-state index is 0.00229. The van der Waals surface area contributed by atoms with Crippen molar-refractivity contribution in [1.82, 2.24) is 10.2 Å². The van der Waals surface area contributed by atoms with E-state index in [9.17, 15) is 26.8 Å². The molecule has 10 heteroatoms. The maximum Gasteiger partial charge on any atom is 0.243 e. The summed E-state index contributed by atoms with van der Waals surface area (Å²) in [6.45, 7) is 2.13. The lowest BCUT2D eigenvalue weighted by Crippen LogP contribution is -2.52. The van der Waals surface area contributed by atoms with Gasteiger partial charge in [-0.15, -0.1) is 0 Å². The first-order chi connectivity index (χ1) is 18.1. The molecule has 1 atom stereocenters. The van der Waals surface area contributed by atoms with Gasteiger partial charge in [0.1, 0.15) is 6.04 Å². The molecule has 7 nitrogen and oxygen atoms in total. The smallest absolute Gasteiger partial charge is 0.243 e. The quantitative estimate of drug-likeness (QED) is 0.401. The fourth-order valence-electron chi connectivity index (χ4n) is 4.91. The number of sulfonamides is 1. The Kier molecular flexibility index (Phi) is 10.6. The van der Waals surface area contributed by atoms with E-state index in [1.165, 1.54) is 6.07 Å². The summed E-state index contributed by atoms with van der Waals surface area (Å²) in [4.78, 5) is 28.2. The van der Waals surface area contributed by atoms with Crippen molar-refractivity contribution in [2.24, 2.45) is 0 Å². The van der Waals surface area contributed by atoms with Crippen molar-refractivity contribution in [3.05, 3.63) is 65.7 Å². The van der Waals surface area contributed by atoms with Crippen LogP contribution in [0.15, 0.2) is 48.5 Å². The first kappa shape index (κ1) is 29.5. The Morgan fingerprint density at radius 1 is 1.03 bits per heavy atom. The maximum absolute atomic E-state index is 13.8. The minimum Gasteiger partial charge on any atom is -0.352 e. The molecule has 1 N–H and O–H groups in total. The molecule has 2 amide bonds. The van der Waals surface area contributed by atoms with Crippen LogP contribution in [-0.2, 0) is 26.0 Å². The molecule has 0 heterocycles. The van der Waals surface area contributed by atoms with Crippen LogP contribution in [0, 0.1) is 11.6 Å². The van der Waals surface area contributed by atoms with E-state index >= 15 is 0 Å². The first-order valence-electron chi connectivity index (χ1n) is 13.2. The van der Waals surface area contributed by atoms with Gasteiger partial charge in [0.2, 0.25) is 21.8 Å². The van der Waals surface area contributed by atoms with Crippen molar-refractivity contribution in [1.29, 1.82) is 0 Å². The number of hydrogen-bond acceptors (Lipinski definition) is 4. The lowest BCUT2D eigenvalue weighted by atomic mass is 10.1. The summed E-state index contributed by atoms with van der Waals surface area (Å²) >= 11 is 0. The van der Waals surface area contributed by atoms with Gasteiger partial charge in [-0.05, 0) is 49.8 Å². The largest absolute Gasteiger partial charge is 0.352 e. The van der Waals surface area contributed by atoms with Crippen molar-refractivity contribution in [3.8, 4) is 0 Å². The first-order valence-corrected chi connectivity index (χ1v) is 15.0. The second-order valence-corrected chi connectivity index (χ2v) is 11.7. The summed E-state index contributed by atoms with van der Waals surface area (Å²) in [5.41, 5.74) is 1.03. The van der Waals surface area contributed by atoms with Crippen LogP contribution in [0.3, 0.4) is 0 Å². The van der Waals surface area contributed by atoms with E-state index in [-0.39, 0.29) is 42.9 Å². The molecule has 0 aliphatic heterocycles. The standard InChI is InChI=1S/C28H37F2N3O4S/c1-3-26(28(35)31-22-12-7-8-13-22)32(19-17-21-10-5-4-6-11-21)27(34)14-9-18-33(38(2,36)37)23-15-16-24(29)25(30)20-23/h4-6,10-11,15-16,20,22,26H,3,7-9,12-14,17-19H2,1-2H3,(H,31,35). The molecule has 2 aromatic carbocycles. The second kappa shape index (κ2) is 13.7. The van der Waals surface area contributed by atoms with Crippen molar-refractivity contribution in [2.75, 3.05) is 23.7 Å². The number of nitrogens with one attached hydrogen (secondary N) is 1. The monoisotopic (exact) mass is 549 g/mol. The fourth-order valence-corrected chi connectivity index (χ4v) is 5.86. The molecule has 38 heavy (non-hydrogen) atoms. The number of anilines is 1. The highest BCUT2D eigenvalue weighted by atomic mass is 32.2. The molecular weight excluding hydrogens is 512 g/mol. The third-order valence-corrected chi connectivity index (χ3v) is 8.11. The molecule has 208 valence electrons. The molecule has 3 rings (SSSR count). The van der Waals surface area contributed by atoms with E-state index in [1.54, 1.807) is 4.90 Å². The highest BCUT2D eigenvalue weighted by Gasteiger charge is 2.30. The number of amides is 2. The number of nitrogens with zero attached hydrogens (tertiary/aromatic N) is 2. The van der Waals surface area contributed by atoms with Gasteiger partial charge in [0, 0.05) is 31.6 Å². The van der Waals surface area contributed by atoms with Gasteiger partial charge in [0.25, 0.3) is 0 Å². The van der Waals surface area contributed by atoms with Gasteiger partial charge in [0.05, 0.1) is 11.9 Å². The van der Waals surface area contributed by atoms with Crippen LogP contribution in [0.5, 0.6) is 0 Å². The van der Waals surface area contributed by atoms with Crippen LogP contribution < -0.4 is 9.62 Å². The summed E-state index contributed by atoms with van der Waals surface area (Å²) < 4.78 is 52.8. The summed E-state index contributed by atoms with van der Waals surface area (Å²) in [6.07, 6.45) is 6.17. The van der Waals surface area contributed by atoms with Crippen molar-refractivity contribution >= 4 is 27.5 Å². The molecule has 0 saturated heterocycles. The van der Waals surface area contributed by atoms with E-state index < -0.39 is 27.7 Å². The van der Waals surface area contributed by atoms with E-state index in [0.29, 0.717) is 19.4 Å². The maximum atomic E-state index is 13.8. The average Bonchev–Trinajstić information content (AvgIpc) is 3.39. The Balaban J connectivity index is 1.72. The SMILES string of the molecule is CCC(C(=O)NC1CCCC1)N(CCc1ccccc1)C(=O)CCCN(c1ccc(F)c(F)c1)S(C)(=O)=O. The molecule has 0 aromatic heterocycles. The second-order valence-electron chi connectivity index (χ2n) is 9.77. The van der Waals surface area contributed by atoms with Gasteiger partial charge in [-0.2, -0.15) is 0 Å². The molecule has 0 spiro atoms. The summed E-state index contributed by atoms with van der Waals surface area (Å²) in [5, 5.41) is 3.10. The van der Waals surface area contributed by atoms with E-state index in [0.717, 1.165) is 53.9 Å². The van der Waals surface area contributed by atoms with Crippen LogP contribution in [0.4, 0.5) is 14.5 Å². The van der Waals surface area contributed by atoms with Gasteiger partial charge in [0.15, 0.2) is 11.6 Å². The van der Waals surface area contributed by atoms with Crippen LogP contribution in [0.2, 0.25) is 0 Å². The highest BCUT2D eigenvalue weighted by molar-refractivity contribution is 7.92. The van der Waals surface area contributed by atoms with Crippen molar-refractivity contribution in [3.63, 3.8) is 0 Å². The van der Waals surface area contributed by atoms with Gasteiger partial charge < -0.3 is 10.2 Å². The minimum atomic E-state index is -3.80. The molecule has 1 fully saturated rings. The van der Waals surface area contributed by atoms with Crippen molar-refractivity contribution < 1.29 is 26.8 Å². The molecule has 2 aromatic rings. The zero-order chi connectivity index (χ0) is 27.7. The van der Waals surface area contributed by atoms with Crippen LogP contribution >= 0.6 is 0 Å². The Morgan fingerprint density at radius 3 is 2.32 bits per heavy atom. The summed E-state index contributed by atoms with van der Waals surface area (Å²) in [7, 11) is -3.80. The third-order valence-electron chi connectivity index (χ3n) is 6.92. The predicted molar refractivity (Wildman–Crippen MR) is 144 cm³/mol. The fraction of sp³-hybridized carbons (Fsp3) is 0.500. The van der Waals surface area contributed by atoms with E-state index in [4.69, 9.17) is 0 Å². The summed E-state index contributed by atoms with van der Waals surface area (Å²) in [5.74, 6) is -2.65. The van der Waals surface area contributed by atoms with Gasteiger partial charge in [-0.3, -0.25) is 13.9 Å².